The second-order valence-corrected chi connectivity index (χ2v) is 3.11. The molecule has 0 aliphatic rings. The number of aromatic nitrogens is 12. The van der Waals surface area contributed by atoms with Crippen molar-refractivity contribution >= 4 is 0 Å². The Hall–Kier alpha value is -2.79. The van der Waals surface area contributed by atoms with E-state index in [1.165, 1.54) is 4.80 Å². The molecule has 12 heteroatoms. The van der Waals surface area contributed by atoms with Crippen LogP contribution in [0.25, 0.3) is 0 Å². The van der Waals surface area contributed by atoms with Crippen LogP contribution in [0.4, 0.5) is 0 Å². The largest absolute Gasteiger partial charge is 0.193 e. The molecule has 0 radical (unpaired) electrons. The van der Waals surface area contributed by atoms with Gasteiger partial charge in [0.2, 0.25) is 0 Å². The number of hydrogen-bond acceptors (Lipinski definition) is 9. The molecule has 0 bridgehead atoms. The fourth-order valence-corrected chi connectivity index (χ4v) is 1.34. The third-order valence-corrected chi connectivity index (χ3v) is 2.02. The van der Waals surface area contributed by atoms with Gasteiger partial charge in [0.05, 0.1) is 7.05 Å². The first kappa shape index (κ1) is 9.44. The molecule has 3 aromatic rings. The molecule has 0 saturated heterocycles. The predicted octanol–water partition coefficient (Wildman–Crippen LogP) is -2.58. The molecule has 17 heavy (non-hydrogen) atoms. The van der Waals surface area contributed by atoms with Crippen LogP contribution in [0.1, 0.15) is 23.4 Å². The molecule has 3 aromatic heterocycles. The van der Waals surface area contributed by atoms with Gasteiger partial charge in [0.25, 0.3) is 0 Å². The molecule has 0 aromatic carbocycles. The zero-order chi connectivity index (χ0) is 11.7. The van der Waals surface area contributed by atoms with Gasteiger partial charge in [-0.05, 0) is 5.21 Å². The average molecular weight is 234 g/mol. The summed E-state index contributed by atoms with van der Waals surface area (Å²) in [6.07, 6.45) is 0. The Kier molecular flexibility index (Phi) is 2.03. The highest BCUT2D eigenvalue weighted by molar-refractivity contribution is 5.18. The summed E-state index contributed by atoms with van der Waals surface area (Å²) in [6, 6.07) is 0. The lowest BCUT2D eigenvalue weighted by Gasteiger charge is -2.01. The standard InChI is InChI=1S/C5H6N12/c1-17-11-5(10-16-17)2(3-6-12-13-7-3)4-8-14-15-9-4/h2H,1H3,(H,6,7,12,13)(H,8,9,14,15). The van der Waals surface area contributed by atoms with E-state index >= 15 is 0 Å². The van der Waals surface area contributed by atoms with E-state index in [9.17, 15) is 0 Å². The van der Waals surface area contributed by atoms with Gasteiger partial charge in [0, 0.05) is 0 Å². The molecule has 3 heterocycles. The maximum atomic E-state index is 4.07. The van der Waals surface area contributed by atoms with E-state index in [0.717, 1.165) is 0 Å². The van der Waals surface area contributed by atoms with Crippen LogP contribution in [0.5, 0.6) is 0 Å². The van der Waals surface area contributed by atoms with E-state index in [2.05, 4.69) is 56.7 Å². The summed E-state index contributed by atoms with van der Waals surface area (Å²) in [7, 11) is 1.65. The number of rotatable bonds is 3. The van der Waals surface area contributed by atoms with Crippen molar-refractivity contribution in [1.82, 2.24) is 61.5 Å². The number of nitrogens with one attached hydrogen (secondary N) is 2. The van der Waals surface area contributed by atoms with Crippen LogP contribution in [0.3, 0.4) is 0 Å². The first-order valence-corrected chi connectivity index (χ1v) is 4.55. The van der Waals surface area contributed by atoms with Gasteiger partial charge in [-0.2, -0.15) is 15.2 Å². The van der Waals surface area contributed by atoms with Crippen LogP contribution >= 0.6 is 0 Å². The Morgan fingerprint density at radius 1 is 0.941 bits per heavy atom. The van der Waals surface area contributed by atoms with Crippen LogP contribution in [0.2, 0.25) is 0 Å². The number of aryl methyl sites for hydroxylation is 1. The molecule has 86 valence electrons. The molecule has 0 aliphatic carbocycles. The Morgan fingerprint density at radius 2 is 1.59 bits per heavy atom. The Morgan fingerprint density at radius 3 is 2.00 bits per heavy atom. The van der Waals surface area contributed by atoms with Crippen LogP contribution < -0.4 is 0 Å². The van der Waals surface area contributed by atoms with E-state index < -0.39 is 5.92 Å². The average Bonchev–Trinajstić information content (AvgIpc) is 3.02. The monoisotopic (exact) mass is 234 g/mol. The zero-order valence-corrected chi connectivity index (χ0v) is 8.55. The topological polar surface area (TPSA) is 153 Å². The third-order valence-electron chi connectivity index (χ3n) is 2.02. The number of nitrogens with zero attached hydrogens (tertiary/aromatic N) is 10. The van der Waals surface area contributed by atoms with Gasteiger partial charge >= 0.3 is 0 Å². The fraction of sp³-hybridized carbons (Fsp3) is 0.400. The van der Waals surface area contributed by atoms with Crippen molar-refractivity contribution in [1.29, 1.82) is 0 Å². The Labute approximate surface area is 92.8 Å². The van der Waals surface area contributed by atoms with Gasteiger partial charge in [0.1, 0.15) is 0 Å². The summed E-state index contributed by atoms with van der Waals surface area (Å²) in [5, 5.41) is 38.8. The lowest BCUT2D eigenvalue weighted by atomic mass is 10.1. The van der Waals surface area contributed by atoms with Crippen LogP contribution in [-0.2, 0) is 7.05 Å². The quantitative estimate of drug-likeness (QED) is 0.497. The fourth-order valence-electron chi connectivity index (χ4n) is 1.34. The molecule has 0 amide bonds. The third kappa shape index (κ3) is 1.60. The van der Waals surface area contributed by atoms with Gasteiger partial charge in [-0.3, -0.25) is 0 Å². The molecule has 2 N–H and O–H groups in total. The Balaban J connectivity index is 2.09. The van der Waals surface area contributed by atoms with Gasteiger partial charge in [-0.25, -0.2) is 0 Å². The summed E-state index contributed by atoms with van der Waals surface area (Å²) in [4.78, 5) is 1.32. The van der Waals surface area contributed by atoms with Crippen molar-refractivity contribution in [2.75, 3.05) is 0 Å². The predicted molar refractivity (Wildman–Crippen MR) is 48.1 cm³/mol. The highest BCUT2D eigenvalue weighted by Crippen LogP contribution is 2.21. The van der Waals surface area contributed by atoms with E-state index in [1.807, 2.05) is 0 Å². The van der Waals surface area contributed by atoms with Crippen molar-refractivity contribution in [3.63, 3.8) is 0 Å². The number of tetrazole rings is 3. The molecule has 0 spiro atoms. The smallest absolute Gasteiger partial charge is 0.177 e. The van der Waals surface area contributed by atoms with Gasteiger partial charge < -0.3 is 0 Å². The molecular formula is C5H6N12. The summed E-state index contributed by atoms with van der Waals surface area (Å²) in [5.41, 5.74) is 0. The molecule has 3 rings (SSSR count). The molecular weight excluding hydrogens is 228 g/mol. The molecule has 12 nitrogen and oxygen atoms in total. The molecule has 0 saturated carbocycles. The van der Waals surface area contributed by atoms with Gasteiger partial charge in [0.15, 0.2) is 23.4 Å². The van der Waals surface area contributed by atoms with E-state index in [0.29, 0.717) is 17.5 Å². The maximum Gasteiger partial charge on any atom is 0.193 e. The summed E-state index contributed by atoms with van der Waals surface area (Å²) < 4.78 is 0. The zero-order valence-electron chi connectivity index (χ0n) is 8.55. The molecule has 0 fully saturated rings. The highest BCUT2D eigenvalue weighted by Gasteiger charge is 2.29. The van der Waals surface area contributed by atoms with E-state index in [1.54, 1.807) is 7.05 Å². The van der Waals surface area contributed by atoms with Crippen LogP contribution in [-0.4, -0.2) is 61.5 Å². The minimum absolute atomic E-state index is 0.347. The van der Waals surface area contributed by atoms with Crippen molar-refractivity contribution in [3.8, 4) is 0 Å². The van der Waals surface area contributed by atoms with Crippen molar-refractivity contribution in [2.45, 2.75) is 5.92 Å². The minimum atomic E-state index is -0.554. The number of H-pyrrole nitrogens is 2. The van der Waals surface area contributed by atoms with Crippen molar-refractivity contribution in [3.05, 3.63) is 17.5 Å². The minimum Gasteiger partial charge on any atom is -0.177 e. The maximum absolute atomic E-state index is 4.07. The van der Waals surface area contributed by atoms with E-state index in [4.69, 9.17) is 0 Å². The van der Waals surface area contributed by atoms with Gasteiger partial charge in [-0.1, -0.05) is 10.4 Å². The number of hydrogen-bond donors (Lipinski definition) is 2. The second-order valence-electron chi connectivity index (χ2n) is 3.11. The van der Waals surface area contributed by atoms with Gasteiger partial charge in [-0.15, -0.1) is 30.6 Å². The van der Waals surface area contributed by atoms with E-state index in [-0.39, 0.29) is 0 Å². The molecule has 0 atom stereocenters. The van der Waals surface area contributed by atoms with Crippen LogP contribution in [0, 0.1) is 0 Å². The van der Waals surface area contributed by atoms with Crippen molar-refractivity contribution in [2.24, 2.45) is 7.05 Å². The lowest BCUT2D eigenvalue weighted by molar-refractivity contribution is 0.625. The first-order chi connectivity index (χ1) is 8.34. The van der Waals surface area contributed by atoms with Crippen LogP contribution in [0.15, 0.2) is 0 Å². The highest BCUT2D eigenvalue weighted by atomic mass is 15.6. The lowest BCUT2D eigenvalue weighted by Crippen LogP contribution is -2.10. The Bertz CT molecular complexity index is 542. The second kappa shape index (κ2) is 3.66. The summed E-state index contributed by atoms with van der Waals surface area (Å²) in [5.74, 6) is 0.510. The summed E-state index contributed by atoms with van der Waals surface area (Å²) in [6.45, 7) is 0. The SMILES string of the molecule is Cn1nnc(C(c2nn[nH]n2)c2nn[nH]n2)n1. The summed E-state index contributed by atoms with van der Waals surface area (Å²) >= 11 is 0. The molecule has 0 unspecified atom stereocenters. The normalized spacial score (nSPS) is 11.2. The molecule has 0 aliphatic heterocycles. The first-order valence-electron chi connectivity index (χ1n) is 4.55. The number of aromatic amines is 2. The van der Waals surface area contributed by atoms with Crippen molar-refractivity contribution < 1.29 is 0 Å².